The third kappa shape index (κ3) is 3.08. The molecule has 106 valence electrons. The van der Waals surface area contributed by atoms with Crippen molar-refractivity contribution < 1.29 is 14.3 Å². The number of benzene rings is 1. The third-order valence-electron chi connectivity index (χ3n) is 3.65. The Bertz CT molecular complexity index is 584. The summed E-state index contributed by atoms with van der Waals surface area (Å²) in [6.07, 6.45) is 4.98. The van der Waals surface area contributed by atoms with E-state index in [-0.39, 0.29) is 6.29 Å². The summed E-state index contributed by atoms with van der Waals surface area (Å²) < 4.78 is 11.3. The zero-order valence-corrected chi connectivity index (χ0v) is 11.4. The van der Waals surface area contributed by atoms with Crippen molar-refractivity contribution in [2.24, 2.45) is 0 Å². The summed E-state index contributed by atoms with van der Waals surface area (Å²) in [7, 11) is 0. The number of aldehydes is 1. The number of aromatic amines is 1. The van der Waals surface area contributed by atoms with Crippen molar-refractivity contribution in [2.45, 2.75) is 32.0 Å². The van der Waals surface area contributed by atoms with Crippen LogP contribution in [-0.2, 0) is 15.9 Å². The summed E-state index contributed by atoms with van der Waals surface area (Å²) >= 11 is 0. The number of carbonyl (C=O) groups excluding carboxylic acids is 1. The molecule has 0 amide bonds. The molecule has 4 heteroatoms. The maximum atomic E-state index is 10.8. The van der Waals surface area contributed by atoms with E-state index in [4.69, 9.17) is 9.47 Å². The minimum atomic E-state index is -0.0326. The molecule has 1 aliphatic rings. The average molecular weight is 273 g/mol. The van der Waals surface area contributed by atoms with Crippen LogP contribution >= 0.6 is 0 Å². The summed E-state index contributed by atoms with van der Waals surface area (Å²) in [6.45, 7) is 1.46. The van der Waals surface area contributed by atoms with Crippen LogP contribution in [0.3, 0.4) is 0 Å². The van der Waals surface area contributed by atoms with Gasteiger partial charge in [0.15, 0.2) is 6.29 Å². The Hall–Kier alpha value is -1.65. The fourth-order valence-electron chi connectivity index (χ4n) is 2.56. The van der Waals surface area contributed by atoms with E-state index in [2.05, 4.69) is 11.1 Å². The molecule has 2 aromatic rings. The highest BCUT2D eigenvalue weighted by Gasteiger charge is 2.13. The molecule has 0 spiro atoms. The fraction of sp³-hybridized carbons (Fsp3) is 0.438. The first-order valence-corrected chi connectivity index (χ1v) is 7.15. The maximum Gasteiger partial charge on any atom is 0.157 e. The Balaban J connectivity index is 1.58. The van der Waals surface area contributed by atoms with Gasteiger partial charge in [0.05, 0.1) is 6.61 Å². The molecule has 4 nitrogen and oxygen atoms in total. The van der Waals surface area contributed by atoms with Gasteiger partial charge in [0.25, 0.3) is 0 Å². The molecule has 0 aliphatic carbocycles. The number of carbonyl (C=O) groups is 1. The van der Waals surface area contributed by atoms with E-state index in [1.165, 1.54) is 6.42 Å². The van der Waals surface area contributed by atoms with Gasteiger partial charge in [0.1, 0.15) is 6.29 Å². The topological polar surface area (TPSA) is 51.3 Å². The minimum Gasteiger partial charge on any atom is -0.358 e. The predicted octanol–water partition coefficient (Wildman–Crippen LogP) is 3.07. The molecule has 1 N–H and O–H groups in total. The summed E-state index contributed by atoms with van der Waals surface area (Å²) in [4.78, 5) is 14.1. The molecule has 3 rings (SSSR count). The molecule has 0 saturated carbocycles. The highest BCUT2D eigenvalue weighted by atomic mass is 16.7. The standard InChI is InChI=1S/C16H19NO3/c18-11-12-4-5-13-10-14(17-15(13)9-12)6-8-20-16-3-1-2-7-19-16/h4-5,9-11,16-17H,1-3,6-8H2. The van der Waals surface area contributed by atoms with Crippen LogP contribution in [0.2, 0.25) is 0 Å². The van der Waals surface area contributed by atoms with E-state index < -0.39 is 0 Å². The molecule has 1 aromatic heterocycles. The minimum absolute atomic E-state index is 0.0326. The van der Waals surface area contributed by atoms with Gasteiger partial charge in [-0.25, -0.2) is 0 Å². The number of H-pyrrole nitrogens is 1. The van der Waals surface area contributed by atoms with Gasteiger partial charge in [-0.1, -0.05) is 12.1 Å². The quantitative estimate of drug-likeness (QED) is 0.852. The SMILES string of the molecule is O=Cc1ccc2cc(CCOC3CCCCO3)[nH]c2c1. The smallest absolute Gasteiger partial charge is 0.157 e. The largest absolute Gasteiger partial charge is 0.358 e. The summed E-state index contributed by atoms with van der Waals surface area (Å²) in [5.41, 5.74) is 2.81. The lowest BCUT2D eigenvalue weighted by Gasteiger charge is -2.22. The lowest BCUT2D eigenvalue weighted by atomic mass is 10.2. The number of fused-ring (bicyclic) bond motifs is 1. The first-order valence-electron chi connectivity index (χ1n) is 7.15. The number of rotatable bonds is 5. The first kappa shape index (κ1) is 13.3. The normalized spacial score (nSPS) is 19.3. The van der Waals surface area contributed by atoms with Crippen molar-refractivity contribution >= 4 is 17.2 Å². The van der Waals surface area contributed by atoms with Gasteiger partial charge in [0, 0.05) is 29.8 Å². The Morgan fingerprint density at radius 2 is 2.30 bits per heavy atom. The summed E-state index contributed by atoms with van der Waals surface area (Å²) in [5, 5.41) is 1.12. The molecule has 1 saturated heterocycles. The van der Waals surface area contributed by atoms with E-state index in [1.54, 1.807) is 0 Å². The van der Waals surface area contributed by atoms with E-state index >= 15 is 0 Å². The van der Waals surface area contributed by atoms with Gasteiger partial charge >= 0.3 is 0 Å². The molecular weight excluding hydrogens is 254 g/mol. The van der Waals surface area contributed by atoms with Gasteiger partial charge in [-0.15, -0.1) is 0 Å². The van der Waals surface area contributed by atoms with Crippen molar-refractivity contribution in [1.29, 1.82) is 0 Å². The molecule has 1 atom stereocenters. The maximum absolute atomic E-state index is 10.8. The molecule has 1 unspecified atom stereocenters. The fourth-order valence-corrected chi connectivity index (χ4v) is 2.56. The third-order valence-corrected chi connectivity index (χ3v) is 3.65. The van der Waals surface area contributed by atoms with Crippen LogP contribution in [0.15, 0.2) is 24.3 Å². The van der Waals surface area contributed by atoms with E-state index in [9.17, 15) is 4.79 Å². The van der Waals surface area contributed by atoms with Crippen LogP contribution in [-0.4, -0.2) is 30.8 Å². The van der Waals surface area contributed by atoms with Crippen molar-refractivity contribution in [1.82, 2.24) is 4.98 Å². The Morgan fingerprint density at radius 1 is 1.35 bits per heavy atom. The van der Waals surface area contributed by atoms with Crippen LogP contribution in [0.25, 0.3) is 10.9 Å². The Kier molecular flexibility index (Phi) is 4.14. The van der Waals surface area contributed by atoms with Gasteiger partial charge in [-0.2, -0.15) is 0 Å². The second kappa shape index (κ2) is 6.20. The molecule has 0 bridgehead atoms. The van der Waals surface area contributed by atoms with E-state index in [0.717, 1.165) is 48.8 Å². The van der Waals surface area contributed by atoms with Crippen LogP contribution in [0.4, 0.5) is 0 Å². The summed E-state index contributed by atoms with van der Waals surface area (Å²) in [6, 6.07) is 7.77. The van der Waals surface area contributed by atoms with Gasteiger partial charge in [-0.05, 0) is 36.8 Å². The van der Waals surface area contributed by atoms with Crippen LogP contribution in [0, 0.1) is 0 Å². The van der Waals surface area contributed by atoms with Crippen molar-refractivity contribution in [3.8, 4) is 0 Å². The van der Waals surface area contributed by atoms with Gasteiger partial charge in [0.2, 0.25) is 0 Å². The summed E-state index contributed by atoms with van der Waals surface area (Å²) in [5.74, 6) is 0. The van der Waals surface area contributed by atoms with E-state index in [1.807, 2.05) is 18.2 Å². The molecular formula is C16H19NO3. The monoisotopic (exact) mass is 273 g/mol. The molecule has 20 heavy (non-hydrogen) atoms. The second-order valence-electron chi connectivity index (χ2n) is 5.18. The van der Waals surface area contributed by atoms with Crippen LogP contribution < -0.4 is 0 Å². The number of hydrogen-bond acceptors (Lipinski definition) is 3. The predicted molar refractivity (Wildman–Crippen MR) is 76.9 cm³/mol. The Morgan fingerprint density at radius 3 is 3.10 bits per heavy atom. The van der Waals surface area contributed by atoms with Crippen LogP contribution in [0.1, 0.15) is 35.3 Å². The Labute approximate surface area is 118 Å². The highest BCUT2D eigenvalue weighted by molar-refractivity contribution is 5.87. The lowest BCUT2D eigenvalue weighted by molar-refractivity contribution is -0.161. The first-order chi connectivity index (χ1) is 9.85. The number of nitrogens with one attached hydrogen (secondary N) is 1. The van der Waals surface area contributed by atoms with Crippen molar-refractivity contribution in [3.05, 3.63) is 35.5 Å². The number of ether oxygens (including phenoxy) is 2. The molecule has 1 aromatic carbocycles. The number of hydrogen-bond donors (Lipinski definition) is 1. The highest BCUT2D eigenvalue weighted by Crippen LogP contribution is 2.18. The van der Waals surface area contributed by atoms with Crippen LogP contribution in [0.5, 0.6) is 0 Å². The zero-order valence-electron chi connectivity index (χ0n) is 11.4. The van der Waals surface area contributed by atoms with Crippen molar-refractivity contribution in [3.63, 3.8) is 0 Å². The van der Waals surface area contributed by atoms with Crippen molar-refractivity contribution in [2.75, 3.05) is 13.2 Å². The molecule has 1 aliphatic heterocycles. The lowest BCUT2D eigenvalue weighted by Crippen LogP contribution is -2.23. The molecule has 1 fully saturated rings. The van der Waals surface area contributed by atoms with E-state index in [0.29, 0.717) is 12.2 Å². The average Bonchev–Trinajstić information content (AvgIpc) is 2.90. The van der Waals surface area contributed by atoms with Gasteiger partial charge < -0.3 is 14.5 Å². The molecule has 0 radical (unpaired) electrons. The second-order valence-corrected chi connectivity index (χ2v) is 5.18. The van der Waals surface area contributed by atoms with Gasteiger partial charge in [-0.3, -0.25) is 4.79 Å². The zero-order chi connectivity index (χ0) is 13.8. The number of aromatic nitrogens is 1. The molecule has 2 heterocycles.